The molecule has 27 heavy (non-hydrogen) atoms. The van der Waals surface area contributed by atoms with Crippen molar-refractivity contribution in [1.29, 1.82) is 5.26 Å². The third-order valence-corrected chi connectivity index (χ3v) is 4.36. The Labute approximate surface area is 158 Å². The van der Waals surface area contributed by atoms with Gasteiger partial charge in [0, 0.05) is 37.8 Å². The predicted octanol–water partition coefficient (Wildman–Crippen LogP) is 2.05. The maximum Gasteiger partial charge on any atom is 0.230 e. The monoisotopic (exact) mass is 365 g/mol. The lowest BCUT2D eigenvalue weighted by Crippen LogP contribution is -2.47. The van der Waals surface area contributed by atoms with E-state index in [0.717, 1.165) is 31.9 Å². The number of anilines is 3. The van der Waals surface area contributed by atoms with Crippen LogP contribution in [-0.2, 0) is 4.79 Å². The molecule has 3 rings (SSSR count). The highest BCUT2D eigenvalue weighted by Gasteiger charge is 2.22. The summed E-state index contributed by atoms with van der Waals surface area (Å²) < 4.78 is 0. The molecule has 1 aliphatic rings. The molecule has 140 valence electrons. The first-order chi connectivity index (χ1) is 12.9. The Bertz CT molecular complexity index is 844. The Morgan fingerprint density at radius 1 is 1.11 bits per heavy atom. The van der Waals surface area contributed by atoms with Gasteiger partial charge in [-0.1, -0.05) is 20.8 Å². The molecule has 0 spiro atoms. The Balaban J connectivity index is 1.59. The highest BCUT2D eigenvalue weighted by atomic mass is 16.2. The van der Waals surface area contributed by atoms with Crippen LogP contribution in [0.3, 0.4) is 0 Å². The number of nitrogens with one attached hydrogen (secondary N) is 1. The van der Waals surface area contributed by atoms with E-state index in [1.807, 2.05) is 39.0 Å². The van der Waals surface area contributed by atoms with Gasteiger partial charge in [-0.3, -0.25) is 4.79 Å². The summed E-state index contributed by atoms with van der Waals surface area (Å²) in [6, 6.07) is 7.44. The predicted molar refractivity (Wildman–Crippen MR) is 103 cm³/mol. The van der Waals surface area contributed by atoms with Crippen LogP contribution in [0.2, 0.25) is 0 Å². The van der Waals surface area contributed by atoms with Crippen molar-refractivity contribution in [3.8, 4) is 6.07 Å². The Morgan fingerprint density at radius 3 is 2.41 bits per heavy atom. The minimum atomic E-state index is -0.457. The summed E-state index contributed by atoms with van der Waals surface area (Å²) in [6.07, 6.45) is 3.39. The first-order valence-electron chi connectivity index (χ1n) is 8.87. The van der Waals surface area contributed by atoms with E-state index in [1.165, 1.54) is 0 Å². The maximum absolute atomic E-state index is 12.0. The lowest BCUT2D eigenvalue weighted by atomic mass is 9.96. The van der Waals surface area contributed by atoms with E-state index in [2.05, 4.69) is 30.1 Å². The second-order valence-electron chi connectivity index (χ2n) is 7.43. The largest absolute Gasteiger partial charge is 0.367 e. The Morgan fingerprint density at radius 2 is 1.81 bits per heavy atom. The highest BCUT2D eigenvalue weighted by molar-refractivity contribution is 5.93. The van der Waals surface area contributed by atoms with E-state index < -0.39 is 5.41 Å². The van der Waals surface area contributed by atoms with Crippen LogP contribution in [0.15, 0.2) is 30.6 Å². The summed E-state index contributed by atoms with van der Waals surface area (Å²) in [6.45, 7) is 8.73. The van der Waals surface area contributed by atoms with Crippen LogP contribution in [0.1, 0.15) is 26.5 Å². The first kappa shape index (κ1) is 18.6. The van der Waals surface area contributed by atoms with Gasteiger partial charge in [0.1, 0.15) is 17.6 Å². The number of carbonyl (C=O) groups excluding carboxylic acids is 1. The van der Waals surface area contributed by atoms with Gasteiger partial charge in [-0.25, -0.2) is 15.0 Å². The zero-order valence-electron chi connectivity index (χ0n) is 15.8. The molecule has 2 aromatic heterocycles. The summed E-state index contributed by atoms with van der Waals surface area (Å²) in [5.74, 6) is 1.09. The van der Waals surface area contributed by atoms with Crippen molar-refractivity contribution in [2.45, 2.75) is 20.8 Å². The minimum Gasteiger partial charge on any atom is -0.367 e. The van der Waals surface area contributed by atoms with Gasteiger partial charge in [-0.05, 0) is 18.2 Å². The van der Waals surface area contributed by atoms with Gasteiger partial charge < -0.3 is 15.1 Å². The van der Waals surface area contributed by atoms with E-state index in [-0.39, 0.29) is 5.91 Å². The van der Waals surface area contributed by atoms with Crippen molar-refractivity contribution >= 4 is 23.4 Å². The lowest BCUT2D eigenvalue weighted by molar-refractivity contribution is -0.123. The molecule has 1 fully saturated rings. The minimum absolute atomic E-state index is 0.0593. The fraction of sp³-hybridized carbons (Fsp3) is 0.421. The summed E-state index contributed by atoms with van der Waals surface area (Å²) in [4.78, 5) is 29.2. The van der Waals surface area contributed by atoms with E-state index in [1.54, 1.807) is 18.5 Å². The number of amides is 1. The average Bonchev–Trinajstić information content (AvgIpc) is 2.68. The molecular weight excluding hydrogens is 342 g/mol. The fourth-order valence-corrected chi connectivity index (χ4v) is 2.68. The molecule has 0 atom stereocenters. The highest BCUT2D eigenvalue weighted by Crippen LogP contribution is 2.20. The number of pyridine rings is 1. The molecular formula is C19H23N7O. The van der Waals surface area contributed by atoms with E-state index in [0.29, 0.717) is 17.5 Å². The van der Waals surface area contributed by atoms with Crippen LogP contribution in [0.25, 0.3) is 0 Å². The quantitative estimate of drug-likeness (QED) is 0.889. The topological polar surface area (TPSA) is 98.0 Å². The molecule has 0 bridgehead atoms. The van der Waals surface area contributed by atoms with Crippen LogP contribution >= 0.6 is 0 Å². The zero-order valence-corrected chi connectivity index (χ0v) is 15.8. The third-order valence-electron chi connectivity index (χ3n) is 4.36. The van der Waals surface area contributed by atoms with Crippen LogP contribution < -0.4 is 15.1 Å². The smallest absolute Gasteiger partial charge is 0.230 e. The fourth-order valence-electron chi connectivity index (χ4n) is 2.68. The van der Waals surface area contributed by atoms with Crippen molar-refractivity contribution < 1.29 is 4.79 Å². The molecule has 3 heterocycles. The van der Waals surface area contributed by atoms with E-state index in [9.17, 15) is 4.79 Å². The second-order valence-corrected chi connectivity index (χ2v) is 7.43. The molecule has 0 saturated carbocycles. The standard InChI is InChI=1S/C19H23N7O/c1-19(2,3)17(27)24-16-5-4-15(13-22-16)25-8-10-26(11-9-25)18-21-7-6-14(12-20)23-18/h4-7,13H,8-11H2,1-3H3,(H,22,24,27). The number of aromatic nitrogens is 3. The SMILES string of the molecule is CC(C)(C)C(=O)Nc1ccc(N2CCN(c3nccc(C#N)n3)CC2)cn1. The van der Waals surface area contributed by atoms with Crippen LogP contribution in [-0.4, -0.2) is 47.0 Å². The molecule has 8 heteroatoms. The molecule has 1 N–H and O–H groups in total. The van der Waals surface area contributed by atoms with Crippen molar-refractivity contribution in [3.05, 3.63) is 36.3 Å². The molecule has 0 unspecified atom stereocenters. The Kier molecular flexibility index (Phi) is 5.21. The summed E-state index contributed by atoms with van der Waals surface area (Å²) in [5.41, 5.74) is 0.927. The number of piperazine rings is 1. The third kappa shape index (κ3) is 4.50. The number of rotatable bonds is 3. The van der Waals surface area contributed by atoms with Crippen LogP contribution in [0, 0.1) is 16.7 Å². The van der Waals surface area contributed by atoms with Gasteiger partial charge in [0.05, 0.1) is 11.9 Å². The number of nitriles is 1. The number of nitrogens with zero attached hydrogens (tertiary/aromatic N) is 6. The molecule has 0 aromatic carbocycles. The van der Waals surface area contributed by atoms with Crippen LogP contribution in [0.5, 0.6) is 0 Å². The van der Waals surface area contributed by atoms with E-state index in [4.69, 9.17) is 5.26 Å². The van der Waals surface area contributed by atoms with Crippen molar-refractivity contribution in [2.24, 2.45) is 5.41 Å². The normalized spacial score (nSPS) is 14.6. The number of carbonyl (C=O) groups is 1. The van der Waals surface area contributed by atoms with Crippen molar-refractivity contribution in [2.75, 3.05) is 41.3 Å². The molecule has 0 aliphatic carbocycles. The van der Waals surface area contributed by atoms with Crippen molar-refractivity contribution in [3.63, 3.8) is 0 Å². The number of hydrogen-bond acceptors (Lipinski definition) is 7. The van der Waals surface area contributed by atoms with Gasteiger partial charge in [0.15, 0.2) is 0 Å². The molecule has 2 aromatic rings. The first-order valence-corrected chi connectivity index (χ1v) is 8.87. The van der Waals surface area contributed by atoms with Gasteiger partial charge in [0.2, 0.25) is 11.9 Å². The molecule has 8 nitrogen and oxygen atoms in total. The van der Waals surface area contributed by atoms with Gasteiger partial charge >= 0.3 is 0 Å². The Hall–Kier alpha value is -3.21. The molecule has 1 saturated heterocycles. The molecule has 1 aliphatic heterocycles. The molecule has 0 radical (unpaired) electrons. The molecule has 1 amide bonds. The second kappa shape index (κ2) is 7.58. The van der Waals surface area contributed by atoms with Gasteiger partial charge in [-0.2, -0.15) is 5.26 Å². The van der Waals surface area contributed by atoms with Crippen LogP contribution in [0.4, 0.5) is 17.5 Å². The average molecular weight is 365 g/mol. The van der Waals surface area contributed by atoms with E-state index >= 15 is 0 Å². The van der Waals surface area contributed by atoms with Gasteiger partial charge in [-0.15, -0.1) is 0 Å². The number of hydrogen-bond donors (Lipinski definition) is 1. The zero-order chi connectivity index (χ0) is 19.4. The summed E-state index contributed by atoms with van der Waals surface area (Å²) >= 11 is 0. The summed E-state index contributed by atoms with van der Waals surface area (Å²) in [5, 5.41) is 11.8. The lowest BCUT2D eigenvalue weighted by Gasteiger charge is -2.35. The summed E-state index contributed by atoms with van der Waals surface area (Å²) in [7, 11) is 0. The maximum atomic E-state index is 12.0. The van der Waals surface area contributed by atoms with Crippen molar-refractivity contribution in [1.82, 2.24) is 15.0 Å². The van der Waals surface area contributed by atoms with Gasteiger partial charge in [0.25, 0.3) is 0 Å².